The van der Waals surface area contributed by atoms with Crippen molar-refractivity contribution in [2.75, 3.05) is 0 Å². The topological polar surface area (TPSA) is 0 Å². The summed E-state index contributed by atoms with van der Waals surface area (Å²) in [4.78, 5) is 0. The molecule has 1 unspecified atom stereocenters. The molecular weight excluding hydrogens is 480 g/mol. The highest BCUT2D eigenvalue weighted by atomic mass is 14.5. The highest BCUT2D eigenvalue weighted by Crippen LogP contribution is 2.63. The summed E-state index contributed by atoms with van der Waals surface area (Å²) in [7, 11) is 0. The van der Waals surface area contributed by atoms with Gasteiger partial charge in [0, 0.05) is 17.3 Å². The molecular formula is C40H36. The molecule has 2 aliphatic carbocycles. The zero-order valence-corrected chi connectivity index (χ0v) is 23.9. The Morgan fingerprint density at radius 2 is 1.15 bits per heavy atom. The Morgan fingerprint density at radius 1 is 0.600 bits per heavy atom. The minimum absolute atomic E-state index is 0.155. The molecule has 7 rings (SSSR count). The van der Waals surface area contributed by atoms with Crippen molar-refractivity contribution in [3.63, 3.8) is 0 Å². The van der Waals surface area contributed by atoms with Crippen LogP contribution in [0, 0.1) is 13.8 Å². The van der Waals surface area contributed by atoms with E-state index in [9.17, 15) is 0 Å². The fraction of sp³-hybridized carbons (Fsp3) is 0.200. The zero-order chi connectivity index (χ0) is 27.4. The second-order valence-corrected chi connectivity index (χ2v) is 12.1. The highest BCUT2D eigenvalue weighted by molar-refractivity contribution is 5.82. The molecule has 0 saturated carbocycles. The molecule has 0 bridgehead atoms. The van der Waals surface area contributed by atoms with Crippen molar-refractivity contribution in [2.45, 2.75) is 50.9 Å². The lowest BCUT2D eigenvalue weighted by Gasteiger charge is -2.47. The number of hydrogen-bond acceptors (Lipinski definition) is 0. The summed E-state index contributed by atoms with van der Waals surface area (Å²) < 4.78 is 0. The minimum Gasteiger partial charge on any atom is -0.0751 e. The molecule has 5 aromatic carbocycles. The van der Waals surface area contributed by atoms with E-state index in [1.807, 2.05) is 0 Å². The van der Waals surface area contributed by atoms with Crippen LogP contribution < -0.4 is 0 Å². The second kappa shape index (κ2) is 9.49. The average Bonchev–Trinajstić information content (AvgIpc) is 3.54. The van der Waals surface area contributed by atoms with Crippen LogP contribution in [0.2, 0.25) is 0 Å². The van der Waals surface area contributed by atoms with Crippen molar-refractivity contribution in [3.8, 4) is 11.1 Å². The Balaban J connectivity index is 1.66. The van der Waals surface area contributed by atoms with Gasteiger partial charge in [-0.1, -0.05) is 152 Å². The molecule has 0 aliphatic heterocycles. The lowest BCUT2D eigenvalue weighted by atomic mass is 9.55. The lowest BCUT2D eigenvalue weighted by molar-refractivity contribution is 0.414. The Labute approximate surface area is 239 Å². The third kappa shape index (κ3) is 3.59. The third-order valence-corrected chi connectivity index (χ3v) is 9.35. The van der Waals surface area contributed by atoms with E-state index in [0.717, 1.165) is 0 Å². The molecule has 5 aromatic rings. The van der Waals surface area contributed by atoms with Gasteiger partial charge in [0.1, 0.15) is 0 Å². The first kappa shape index (κ1) is 24.9. The third-order valence-electron chi connectivity index (χ3n) is 9.35. The van der Waals surface area contributed by atoms with Crippen LogP contribution in [-0.4, -0.2) is 0 Å². The van der Waals surface area contributed by atoms with Crippen LogP contribution in [0.15, 0.2) is 121 Å². The molecule has 196 valence electrons. The van der Waals surface area contributed by atoms with Gasteiger partial charge in [0.15, 0.2) is 0 Å². The quantitative estimate of drug-likeness (QED) is 0.218. The summed E-state index contributed by atoms with van der Waals surface area (Å²) in [6.45, 7) is 9.15. The average molecular weight is 517 g/mol. The van der Waals surface area contributed by atoms with E-state index in [1.165, 1.54) is 61.2 Å². The van der Waals surface area contributed by atoms with Crippen molar-refractivity contribution in [1.29, 1.82) is 0 Å². The van der Waals surface area contributed by atoms with Crippen LogP contribution in [0.25, 0.3) is 17.2 Å². The number of fused-ring (bicyclic) bond motifs is 4. The molecule has 40 heavy (non-hydrogen) atoms. The number of rotatable bonds is 5. The summed E-state index contributed by atoms with van der Waals surface area (Å²) in [6.07, 6.45) is 4.90. The van der Waals surface area contributed by atoms with Crippen LogP contribution in [-0.2, 0) is 5.41 Å². The van der Waals surface area contributed by atoms with Gasteiger partial charge >= 0.3 is 0 Å². The number of benzene rings is 5. The van der Waals surface area contributed by atoms with E-state index in [0.29, 0.717) is 5.92 Å². The van der Waals surface area contributed by atoms with Gasteiger partial charge < -0.3 is 0 Å². The second-order valence-electron chi connectivity index (χ2n) is 12.1. The van der Waals surface area contributed by atoms with E-state index in [-0.39, 0.29) is 17.3 Å². The van der Waals surface area contributed by atoms with E-state index < -0.39 is 0 Å². The number of allylic oxidation sites excluding steroid dienone is 1. The fourth-order valence-corrected chi connectivity index (χ4v) is 7.74. The molecule has 0 radical (unpaired) electrons. The first-order valence-corrected chi connectivity index (χ1v) is 14.6. The molecule has 1 atom stereocenters. The summed E-state index contributed by atoms with van der Waals surface area (Å²) >= 11 is 0. The minimum atomic E-state index is -0.350. The van der Waals surface area contributed by atoms with E-state index in [1.54, 1.807) is 0 Å². The van der Waals surface area contributed by atoms with Crippen LogP contribution in [0.4, 0.5) is 0 Å². The fourth-order valence-electron chi connectivity index (χ4n) is 7.74. The molecule has 0 aromatic heterocycles. The van der Waals surface area contributed by atoms with Gasteiger partial charge in [0.2, 0.25) is 0 Å². The molecule has 0 N–H and O–H groups in total. The predicted octanol–water partition coefficient (Wildman–Crippen LogP) is 10.3. The van der Waals surface area contributed by atoms with Gasteiger partial charge in [0.05, 0.1) is 0 Å². The molecule has 0 heteroatoms. The first-order chi connectivity index (χ1) is 19.5. The van der Waals surface area contributed by atoms with Gasteiger partial charge in [-0.25, -0.2) is 0 Å². The van der Waals surface area contributed by atoms with Crippen LogP contribution in [0.3, 0.4) is 0 Å². The molecule has 0 amide bonds. The van der Waals surface area contributed by atoms with Crippen molar-refractivity contribution in [2.24, 2.45) is 0 Å². The van der Waals surface area contributed by atoms with Gasteiger partial charge in [-0.2, -0.15) is 0 Å². The van der Waals surface area contributed by atoms with Crippen LogP contribution >= 0.6 is 0 Å². The van der Waals surface area contributed by atoms with Gasteiger partial charge in [-0.3, -0.25) is 0 Å². The molecule has 0 nitrogen and oxygen atoms in total. The predicted molar refractivity (Wildman–Crippen MR) is 169 cm³/mol. The molecule has 2 aliphatic rings. The van der Waals surface area contributed by atoms with E-state index in [2.05, 4.69) is 155 Å². The van der Waals surface area contributed by atoms with Gasteiger partial charge in [-0.05, 0) is 69.8 Å². The Bertz CT molecular complexity index is 1650. The summed E-state index contributed by atoms with van der Waals surface area (Å²) in [5.74, 6) is 0.771. The molecule has 0 saturated heterocycles. The van der Waals surface area contributed by atoms with Crippen LogP contribution in [0.1, 0.15) is 81.7 Å². The first-order valence-electron chi connectivity index (χ1n) is 14.6. The summed E-state index contributed by atoms with van der Waals surface area (Å²) in [5.41, 5.74) is 15.0. The largest absolute Gasteiger partial charge is 0.0751 e. The SMILES string of the molecule is Cc1ccc2c(c1)C(C(c1ccccc1)(c1ccccc1)C1C=Cc3cccc(C(C)C)c31)c1cc(C)ccc1-2. The lowest BCUT2D eigenvalue weighted by Crippen LogP contribution is -2.40. The summed E-state index contributed by atoms with van der Waals surface area (Å²) in [6, 6.07) is 43.8. The van der Waals surface area contributed by atoms with Crippen molar-refractivity contribution < 1.29 is 0 Å². The Morgan fingerprint density at radius 3 is 1.68 bits per heavy atom. The number of hydrogen-bond donors (Lipinski definition) is 0. The maximum atomic E-state index is 2.51. The monoisotopic (exact) mass is 516 g/mol. The Kier molecular flexibility index (Phi) is 5.90. The van der Waals surface area contributed by atoms with Gasteiger partial charge in [-0.15, -0.1) is 0 Å². The van der Waals surface area contributed by atoms with Crippen LogP contribution in [0.5, 0.6) is 0 Å². The maximum absolute atomic E-state index is 2.51. The zero-order valence-electron chi connectivity index (χ0n) is 23.9. The normalized spacial score (nSPS) is 15.8. The van der Waals surface area contributed by atoms with E-state index >= 15 is 0 Å². The standard InChI is InChI=1S/C40H36/c1-26(2)32-17-11-12-29-20-23-37(38(29)32)40(30-13-7-5-8-14-30,31-15-9-6-10-16-31)39-35-24-27(3)18-21-33(35)34-22-19-28(4)25-36(34)39/h5-26,37,39H,1-4H3. The number of aryl methyl sites for hydroxylation is 2. The molecule has 0 fully saturated rings. The van der Waals surface area contributed by atoms with Gasteiger partial charge in [0.25, 0.3) is 0 Å². The molecule has 0 heterocycles. The van der Waals surface area contributed by atoms with Crippen molar-refractivity contribution in [1.82, 2.24) is 0 Å². The van der Waals surface area contributed by atoms with E-state index in [4.69, 9.17) is 0 Å². The maximum Gasteiger partial charge on any atom is 0.0415 e. The van der Waals surface area contributed by atoms with Crippen molar-refractivity contribution in [3.05, 3.63) is 171 Å². The summed E-state index contributed by atoms with van der Waals surface area (Å²) in [5, 5.41) is 0. The highest BCUT2D eigenvalue weighted by Gasteiger charge is 2.53. The van der Waals surface area contributed by atoms with Crippen molar-refractivity contribution >= 4 is 6.08 Å². The Hall–Kier alpha value is -4.16. The smallest absolute Gasteiger partial charge is 0.0415 e. The molecule has 0 spiro atoms.